The number of aromatic nitrogens is 2. The minimum Gasteiger partial charge on any atom is -0.459 e. The molecule has 2 N–H and O–H groups in total. The molecule has 6 nitrogen and oxygen atoms in total. The van der Waals surface area contributed by atoms with Crippen molar-refractivity contribution < 1.29 is 12.8 Å². The summed E-state index contributed by atoms with van der Waals surface area (Å²) in [5.74, 6) is 0.564. The van der Waals surface area contributed by atoms with Gasteiger partial charge < -0.3 is 4.42 Å². The number of nitrogens with one attached hydrogen (secondary N) is 2. The van der Waals surface area contributed by atoms with E-state index in [2.05, 4.69) is 14.9 Å². The van der Waals surface area contributed by atoms with E-state index in [-0.39, 0.29) is 5.03 Å². The molecule has 20 heavy (non-hydrogen) atoms. The van der Waals surface area contributed by atoms with Crippen LogP contribution in [0.5, 0.6) is 0 Å². The van der Waals surface area contributed by atoms with Crippen LogP contribution in [0.4, 0.5) is 0 Å². The Bertz CT molecular complexity index is 789. The predicted molar refractivity (Wildman–Crippen MR) is 73.5 cm³/mol. The molecule has 3 rings (SSSR count). The highest BCUT2D eigenvalue weighted by Gasteiger charge is 2.21. The van der Waals surface area contributed by atoms with Gasteiger partial charge in [0.1, 0.15) is 11.3 Å². The van der Waals surface area contributed by atoms with Crippen LogP contribution in [-0.4, -0.2) is 18.6 Å². The summed E-state index contributed by atoms with van der Waals surface area (Å²) in [6, 6.07) is 10.3. The summed E-state index contributed by atoms with van der Waals surface area (Å²) >= 11 is 0. The number of aromatic amines is 1. The average molecular weight is 291 g/mol. The highest BCUT2D eigenvalue weighted by Crippen LogP contribution is 2.24. The lowest BCUT2D eigenvalue weighted by Crippen LogP contribution is -2.26. The van der Waals surface area contributed by atoms with E-state index < -0.39 is 16.1 Å². The molecule has 0 saturated carbocycles. The molecule has 0 aliphatic carbocycles. The third kappa shape index (κ3) is 2.33. The van der Waals surface area contributed by atoms with Gasteiger partial charge in [0.05, 0.1) is 12.2 Å². The second kappa shape index (κ2) is 4.77. The van der Waals surface area contributed by atoms with Gasteiger partial charge in [0.15, 0.2) is 5.03 Å². The van der Waals surface area contributed by atoms with Gasteiger partial charge >= 0.3 is 0 Å². The van der Waals surface area contributed by atoms with Crippen LogP contribution in [0.25, 0.3) is 11.0 Å². The van der Waals surface area contributed by atoms with E-state index >= 15 is 0 Å². The Morgan fingerprint density at radius 1 is 1.30 bits per heavy atom. The fourth-order valence-electron chi connectivity index (χ4n) is 1.96. The molecule has 0 aliphatic heterocycles. The molecule has 1 atom stereocenters. The Kier molecular flexibility index (Phi) is 3.07. The summed E-state index contributed by atoms with van der Waals surface area (Å²) in [5.41, 5.74) is 0.732. The second-order valence-electron chi connectivity index (χ2n) is 4.45. The smallest absolute Gasteiger partial charge is 0.258 e. The van der Waals surface area contributed by atoms with Crippen molar-refractivity contribution in [3.63, 3.8) is 0 Å². The van der Waals surface area contributed by atoms with Crippen molar-refractivity contribution in [2.75, 3.05) is 0 Å². The molecule has 2 aromatic heterocycles. The van der Waals surface area contributed by atoms with E-state index in [4.69, 9.17) is 4.42 Å². The molecular formula is C13H13N3O3S. The molecule has 3 aromatic rings. The fourth-order valence-corrected chi connectivity index (χ4v) is 3.08. The van der Waals surface area contributed by atoms with Gasteiger partial charge in [0, 0.05) is 5.39 Å². The monoisotopic (exact) mass is 291 g/mol. The van der Waals surface area contributed by atoms with Crippen LogP contribution in [0.15, 0.2) is 52.0 Å². The minimum absolute atomic E-state index is 0.0282. The zero-order valence-corrected chi connectivity index (χ0v) is 11.5. The lowest BCUT2D eigenvalue weighted by molar-refractivity contribution is 0.483. The highest BCUT2D eigenvalue weighted by molar-refractivity contribution is 7.89. The first kappa shape index (κ1) is 12.9. The Labute approximate surface area is 115 Å². The summed E-state index contributed by atoms with van der Waals surface area (Å²) < 4.78 is 32.3. The quantitative estimate of drug-likeness (QED) is 0.771. The molecule has 0 fully saturated rings. The number of sulfonamides is 1. The maximum Gasteiger partial charge on any atom is 0.258 e. The Hall–Kier alpha value is -2.12. The third-order valence-electron chi connectivity index (χ3n) is 2.97. The molecule has 0 amide bonds. The number of fused-ring (bicyclic) bond motifs is 1. The number of H-pyrrole nitrogens is 1. The SMILES string of the molecule is CC(NS(=O)(=O)c1ccn[nH]1)c1cc2ccccc2o1. The summed E-state index contributed by atoms with van der Waals surface area (Å²) in [7, 11) is -3.63. The van der Waals surface area contributed by atoms with Crippen molar-refractivity contribution in [1.82, 2.24) is 14.9 Å². The number of para-hydroxylation sites is 1. The van der Waals surface area contributed by atoms with Crippen molar-refractivity contribution >= 4 is 21.0 Å². The molecule has 0 aliphatic rings. The molecule has 0 spiro atoms. The van der Waals surface area contributed by atoms with Crippen molar-refractivity contribution in [2.24, 2.45) is 0 Å². The second-order valence-corrected chi connectivity index (χ2v) is 6.13. The van der Waals surface area contributed by atoms with Crippen LogP contribution in [0.2, 0.25) is 0 Å². The summed E-state index contributed by atoms with van der Waals surface area (Å²) in [6.45, 7) is 1.73. The number of hydrogen-bond acceptors (Lipinski definition) is 4. The van der Waals surface area contributed by atoms with Crippen LogP contribution in [0.3, 0.4) is 0 Å². The number of rotatable bonds is 4. The molecular weight excluding hydrogens is 278 g/mol. The van der Waals surface area contributed by atoms with Crippen molar-refractivity contribution in [1.29, 1.82) is 0 Å². The topological polar surface area (TPSA) is 88.0 Å². The van der Waals surface area contributed by atoms with Gasteiger partial charge in [-0.1, -0.05) is 18.2 Å². The lowest BCUT2D eigenvalue weighted by Gasteiger charge is -2.10. The number of benzene rings is 1. The van der Waals surface area contributed by atoms with E-state index in [1.807, 2.05) is 30.3 Å². The zero-order chi connectivity index (χ0) is 14.2. The van der Waals surface area contributed by atoms with Gasteiger partial charge in [-0.15, -0.1) is 0 Å². The minimum atomic E-state index is -3.63. The van der Waals surface area contributed by atoms with E-state index in [0.29, 0.717) is 5.76 Å². The lowest BCUT2D eigenvalue weighted by atomic mass is 10.2. The predicted octanol–water partition coefficient (Wildman–Crippen LogP) is 2.20. The Balaban J connectivity index is 1.88. The van der Waals surface area contributed by atoms with Gasteiger partial charge in [-0.3, -0.25) is 5.10 Å². The van der Waals surface area contributed by atoms with Crippen molar-refractivity contribution in [3.8, 4) is 0 Å². The van der Waals surface area contributed by atoms with Crippen LogP contribution >= 0.6 is 0 Å². The largest absolute Gasteiger partial charge is 0.459 e. The first-order valence-electron chi connectivity index (χ1n) is 6.06. The number of hydrogen-bond donors (Lipinski definition) is 2. The summed E-state index contributed by atoms with van der Waals surface area (Å²) in [5, 5.41) is 7.03. The standard InChI is InChI=1S/C13H13N3O3S/c1-9(16-20(17,18)13-6-7-14-15-13)12-8-10-4-2-3-5-11(10)19-12/h2-9,16H,1H3,(H,14,15). The molecule has 1 aromatic carbocycles. The fraction of sp³-hybridized carbons (Fsp3) is 0.154. The number of nitrogens with zero attached hydrogens (tertiary/aromatic N) is 1. The van der Waals surface area contributed by atoms with Crippen LogP contribution in [-0.2, 0) is 10.0 Å². The van der Waals surface area contributed by atoms with E-state index in [1.165, 1.54) is 12.3 Å². The maximum atomic E-state index is 12.1. The number of furan rings is 1. The average Bonchev–Trinajstić information content (AvgIpc) is 3.07. The van der Waals surface area contributed by atoms with Crippen LogP contribution in [0, 0.1) is 0 Å². The van der Waals surface area contributed by atoms with E-state index in [1.54, 1.807) is 6.92 Å². The van der Waals surface area contributed by atoms with E-state index in [9.17, 15) is 8.42 Å². The van der Waals surface area contributed by atoms with Crippen LogP contribution in [0.1, 0.15) is 18.7 Å². The van der Waals surface area contributed by atoms with Gasteiger partial charge in [-0.05, 0) is 25.1 Å². The van der Waals surface area contributed by atoms with Gasteiger partial charge in [0.2, 0.25) is 0 Å². The first-order valence-corrected chi connectivity index (χ1v) is 7.55. The Morgan fingerprint density at radius 3 is 2.80 bits per heavy atom. The normalized spacial score (nSPS) is 13.7. The highest BCUT2D eigenvalue weighted by atomic mass is 32.2. The molecule has 0 bridgehead atoms. The molecule has 7 heteroatoms. The van der Waals surface area contributed by atoms with Gasteiger partial charge in [0.25, 0.3) is 10.0 Å². The van der Waals surface area contributed by atoms with Crippen molar-refractivity contribution in [2.45, 2.75) is 18.0 Å². The molecule has 0 saturated heterocycles. The van der Waals surface area contributed by atoms with Crippen molar-refractivity contribution in [3.05, 3.63) is 48.4 Å². The maximum absolute atomic E-state index is 12.1. The molecule has 0 radical (unpaired) electrons. The third-order valence-corrected chi connectivity index (χ3v) is 4.44. The molecule has 1 unspecified atom stereocenters. The molecule has 2 heterocycles. The zero-order valence-electron chi connectivity index (χ0n) is 10.7. The molecule has 104 valence electrons. The summed E-state index contributed by atoms with van der Waals surface area (Å²) in [4.78, 5) is 0. The van der Waals surface area contributed by atoms with E-state index in [0.717, 1.165) is 11.0 Å². The Morgan fingerprint density at radius 2 is 2.10 bits per heavy atom. The first-order chi connectivity index (χ1) is 9.56. The summed E-state index contributed by atoms with van der Waals surface area (Å²) in [6.07, 6.45) is 1.39. The van der Waals surface area contributed by atoms with Gasteiger partial charge in [-0.25, -0.2) is 8.42 Å². The van der Waals surface area contributed by atoms with Crippen LogP contribution < -0.4 is 4.72 Å². The van der Waals surface area contributed by atoms with Gasteiger partial charge in [-0.2, -0.15) is 9.82 Å².